The van der Waals surface area contributed by atoms with Crippen LogP contribution in [0.25, 0.3) is 0 Å². The van der Waals surface area contributed by atoms with Crippen LogP contribution in [-0.2, 0) is 19.1 Å². The summed E-state index contributed by atoms with van der Waals surface area (Å²) in [4.78, 5) is 25.0. The van der Waals surface area contributed by atoms with Gasteiger partial charge in [-0.15, -0.1) is 0 Å². The average molecular weight is 241 g/mol. The largest absolute Gasteiger partial charge is 0.353 e. The minimum Gasteiger partial charge on any atom is -0.353 e. The highest BCUT2D eigenvalue weighted by Gasteiger charge is 2.42. The predicted molar refractivity (Wildman–Crippen MR) is 60.0 cm³/mol. The van der Waals surface area contributed by atoms with E-state index in [-0.39, 0.29) is 29.9 Å². The highest BCUT2D eigenvalue weighted by atomic mass is 16.7. The standard InChI is InChI=1S/C12H19NO4/c1-8-9(2)12(15)13(11(8)14)5-4-10-16-6-3-7-17-10/h8-10H,3-7H2,1-2H3. The topological polar surface area (TPSA) is 55.8 Å². The van der Waals surface area contributed by atoms with Crippen molar-refractivity contribution in [2.45, 2.75) is 33.0 Å². The fourth-order valence-corrected chi connectivity index (χ4v) is 2.19. The van der Waals surface area contributed by atoms with Crippen LogP contribution in [0.4, 0.5) is 0 Å². The van der Waals surface area contributed by atoms with Gasteiger partial charge in [0.1, 0.15) is 0 Å². The Kier molecular flexibility index (Phi) is 3.79. The van der Waals surface area contributed by atoms with Crippen molar-refractivity contribution in [1.82, 2.24) is 4.90 Å². The van der Waals surface area contributed by atoms with Gasteiger partial charge in [0.2, 0.25) is 11.8 Å². The van der Waals surface area contributed by atoms with E-state index >= 15 is 0 Å². The predicted octanol–water partition coefficient (Wildman–Crippen LogP) is 0.781. The summed E-state index contributed by atoms with van der Waals surface area (Å²) in [5.41, 5.74) is 0. The second-order valence-electron chi connectivity index (χ2n) is 4.72. The smallest absolute Gasteiger partial charge is 0.232 e. The molecule has 2 unspecified atom stereocenters. The number of imide groups is 1. The van der Waals surface area contributed by atoms with Crippen molar-refractivity contribution >= 4 is 11.8 Å². The molecule has 0 N–H and O–H groups in total. The molecule has 2 amide bonds. The third-order valence-corrected chi connectivity index (χ3v) is 3.55. The SMILES string of the molecule is CC1C(=O)N(CCC2OCCCO2)C(=O)C1C. The van der Waals surface area contributed by atoms with Gasteiger partial charge in [-0.3, -0.25) is 14.5 Å². The molecule has 0 aromatic rings. The van der Waals surface area contributed by atoms with Crippen LogP contribution in [0.2, 0.25) is 0 Å². The van der Waals surface area contributed by atoms with Crippen molar-refractivity contribution < 1.29 is 19.1 Å². The van der Waals surface area contributed by atoms with Crippen LogP contribution < -0.4 is 0 Å². The summed E-state index contributed by atoms with van der Waals surface area (Å²) in [7, 11) is 0. The number of hydrogen-bond donors (Lipinski definition) is 0. The molecule has 2 fully saturated rings. The number of carbonyl (C=O) groups is 2. The lowest BCUT2D eigenvalue weighted by molar-refractivity contribution is -0.183. The Morgan fingerprint density at radius 2 is 1.65 bits per heavy atom. The van der Waals surface area contributed by atoms with Gasteiger partial charge in [0.25, 0.3) is 0 Å². The summed E-state index contributed by atoms with van der Waals surface area (Å²) < 4.78 is 10.8. The maximum absolute atomic E-state index is 11.8. The number of carbonyl (C=O) groups excluding carboxylic acids is 2. The van der Waals surface area contributed by atoms with Crippen molar-refractivity contribution in [3.63, 3.8) is 0 Å². The minimum absolute atomic E-state index is 0.0710. The van der Waals surface area contributed by atoms with Crippen molar-refractivity contribution in [3.8, 4) is 0 Å². The van der Waals surface area contributed by atoms with Crippen LogP contribution >= 0.6 is 0 Å². The average Bonchev–Trinajstić information content (AvgIpc) is 2.54. The molecule has 5 heteroatoms. The monoisotopic (exact) mass is 241 g/mol. The molecule has 2 rings (SSSR count). The minimum atomic E-state index is -0.268. The zero-order valence-electron chi connectivity index (χ0n) is 10.3. The quantitative estimate of drug-likeness (QED) is 0.685. The molecule has 0 radical (unpaired) electrons. The van der Waals surface area contributed by atoms with Gasteiger partial charge >= 0.3 is 0 Å². The first-order chi connectivity index (χ1) is 8.11. The molecule has 2 atom stereocenters. The van der Waals surface area contributed by atoms with Crippen LogP contribution in [0, 0.1) is 11.8 Å². The lowest BCUT2D eigenvalue weighted by Gasteiger charge is -2.24. The molecular formula is C12H19NO4. The van der Waals surface area contributed by atoms with Gasteiger partial charge in [-0.2, -0.15) is 0 Å². The van der Waals surface area contributed by atoms with Crippen molar-refractivity contribution in [3.05, 3.63) is 0 Å². The Hall–Kier alpha value is -0.940. The number of amides is 2. The van der Waals surface area contributed by atoms with E-state index < -0.39 is 0 Å². The van der Waals surface area contributed by atoms with E-state index in [0.29, 0.717) is 26.2 Å². The first-order valence-electron chi connectivity index (χ1n) is 6.19. The molecule has 2 heterocycles. The molecule has 0 aliphatic carbocycles. The van der Waals surface area contributed by atoms with Gasteiger partial charge < -0.3 is 9.47 Å². The summed E-state index contributed by atoms with van der Waals surface area (Å²) in [6.07, 6.45) is 1.21. The van der Waals surface area contributed by atoms with Gasteiger partial charge in [-0.25, -0.2) is 0 Å². The molecule has 2 saturated heterocycles. The van der Waals surface area contributed by atoms with Gasteiger partial charge in [0.15, 0.2) is 6.29 Å². The second-order valence-corrected chi connectivity index (χ2v) is 4.72. The van der Waals surface area contributed by atoms with Crippen LogP contribution in [-0.4, -0.2) is 42.8 Å². The molecule has 2 aliphatic heterocycles. The van der Waals surface area contributed by atoms with E-state index in [1.54, 1.807) is 13.8 Å². The number of rotatable bonds is 3. The van der Waals surface area contributed by atoms with Gasteiger partial charge in [-0.05, 0) is 6.42 Å². The number of ether oxygens (including phenoxy) is 2. The van der Waals surface area contributed by atoms with Crippen molar-refractivity contribution in [2.24, 2.45) is 11.8 Å². The summed E-state index contributed by atoms with van der Waals surface area (Å²) in [6.45, 7) is 5.40. The zero-order valence-corrected chi connectivity index (χ0v) is 10.3. The fourth-order valence-electron chi connectivity index (χ4n) is 2.19. The van der Waals surface area contributed by atoms with E-state index in [4.69, 9.17) is 9.47 Å². The molecule has 0 bridgehead atoms. The third-order valence-electron chi connectivity index (χ3n) is 3.55. The number of nitrogens with zero attached hydrogens (tertiary/aromatic N) is 1. The summed E-state index contributed by atoms with van der Waals surface area (Å²) >= 11 is 0. The van der Waals surface area contributed by atoms with Gasteiger partial charge in [0, 0.05) is 24.8 Å². The van der Waals surface area contributed by atoms with E-state index in [1.807, 2.05) is 0 Å². The van der Waals surface area contributed by atoms with E-state index in [1.165, 1.54) is 4.90 Å². The molecule has 17 heavy (non-hydrogen) atoms. The van der Waals surface area contributed by atoms with Gasteiger partial charge in [0.05, 0.1) is 13.2 Å². The first-order valence-corrected chi connectivity index (χ1v) is 6.19. The first kappa shape index (κ1) is 12.5. The Labute approximate surface area is 101 Å². The number of likely N-dealkylation sites (tertiary alicyclic amines) is 1. The molecule has 5 nitrogen and oxygen atoms in total. The Morgan fingerprint density at radius 3 is 2.18 bits per heavy atom. The molecule has 0 aromatic heterocycles. The van der Waals surface area contributed by atoms with E-state index in [9.17, 15) is 9.59 Å². The zero-order chi connectivity index (χ0) is 12.4. The molecule has 96 valence electrons. The Bertz CT molecular complexity index is 292. The van der Waals surface area contributed by atoms with E-state index in [2.05, 4.69) is 0 Å². The molecule has 0 spiro atoms. The number of hydrogen-bond acceptors (Lipinski definition) is 4. The molecular weight excluding hydrogens is 222 g/mol. The van der Waals surface area contributed by atoms with Crippen molar-refractivity contribution in [1.29, 1.82) is 0 Å². The van der Waals surface area contributed by atoms with Gasteiger partial charge in [-0.1, -0.05) is 13.8 Å². The summed E-state index contributed by atoms with van der Waals surface area (Å²) in [5, 5.41) is 0. The lowest BCUT2D eigenvalue weighted by Crippen LogP contribution is -2.35. The summed E-state index contributed by atoms with van der Waals surface area (Å²) in [6, 6.07) is 0. The molecule has 2 aliphatic rings. The van der Waals surface area contributed by atoms with Crippen LogP contribution in [0.1, 0.15) is 26.7 Å². The lowest BCUT2D eigenvalue weighted by atomic mass is 10.00. The maximum atomic E-state index is 11.8. The van der Waals surface area contributed by atoms with Crippen LogP contribution in [0.5, 0.6) is 0 Å². The highest BCUT2D eigenvalue weighted by Crippen LogP contribution is 2.25. The molecule has 0 saturated carbocycles. The Balaban J connectivity index is 1.86. The van der Waals surface area contributed by atoms with Crippen LogP contribution in [0.3, 0.4) is 0 Å². The summed E-state index contributed by atoms with van der Waals surface area (Å²) in [5.74, 6) is -0.539. The Morgan fingerprint density at radius 1 is 1.12 bits per heavy atom. The van der Waals surface area contributed by atoms with E-state index in [0.717, 1.165) is 6.42 Å². The third kappa shape index (κ3) is 2.50. The van der Waals surface area contributed by atoms with Crippen molar-refractivity contribution in [2.75, 3.05) is 19.8 Å². The normalized spacial score (nSPS) is 31.3. The maximum Gasteiger partial charge on any atom is 0.232 e. The molecule has 0 aromatic carbocycles. The highest BCUT2D eigenvalue weighted by molar-refractivity contribution is 6.04. The van der Waals surface area contributed by atoms with Crippen LogP contribution in [0.15, 0.2) is 0 Å². The fraction of sp³-hybridized carbons (Fsp3) is 0.833. The second kappa shape index (κ2) is 5.14.